The Morgan fingerprint density at radius 2 is 2.32 bits per heavy atom. The van der Waals surface area contributed by atoms with Gasteiger partial charge >= 0.3 is 0 Å². The lowest BCUT2D eigenvalue weighted by Crippen LogP contribution is -2.29. The third kappa shape index (κ3) is 3.03. The number of carbonyl (C=O) groups excluding carboxylic acids is 2. The molecule has 2 amide bonds. The number of nitrogens with zero attached hydrogens (tertiary/aromatic N) is 1. The summed E-state index contributed by atoms with van der Waals surface area (Å²) >= 11 is 1.49. The van der Waals surface area contributed by atoms with Crippen LogP contribution < -0.4 is 0 Å². The summed E-state index contributed by atoms with van der Waals surface area (Å²) in [5.41, 5.74) is 0.832. The van der Waals surface area contributed by atoms with Gasteiger partial charge in [0.15, 0.2) is 0 Å². The van der Waals surface area contributed by atoms with Gasteiger partial charge in [0.25, 0.3) is 0 Å². The standard InChI is InChI=1S/C14H15NO3S/c1-10-8-13(17)15(14(10)18)9-12-11(5-7-19-12)4-2-3-6-16/h5,7,10,16H,3,6,8-9H2,1H3. The summed E-state index contributed by atoms with van der Waals surface area (Å²) in [4.78, 5) is 25.8. The molecule has 1 atom stereocenters. The van der Waals surface area contributed by atoms with Gasteiger partial charge in [-0.3, -0.25) is 14.5 Å². The molecule has 19 heavy (non-hydrogen) atoms. The number of amides is 2. The highest BCUT2D eigenvalue weighted by atomic mass is 32.1. The van der Waals surface area contributed by atoms with Crippen molar-refractivity contribution in [2.45, 2.75) is 26.3 Å². The molecule has 0 saturated carbocycles. The molecule has 100 valence electrons. The van der Waals surface area contributed by atoms with Crippen molar-refractivity contribution in [1.82, 2.24) is 4.90 Å². The molecule has 1 N–H and O–H groups in total. The van der Waals surface area contributed by atoms with Gasteiger partial charge in [-0.1, -0.05) is 18.8 Å². The van der Waals surface area contributed by atoms with Crippen LogP contribution in [0, 0.1) is 17.8 Å². The summed E-state index contributed by atoms with van der Waals surface area (Å²) in [5.74, 6) is 5.39. The fraction of sp³-hybridized carbons (Fsp3) is 0.429. The largest absolute Gasteiger partial charge is 0.395 e. The van der Waals surface area contributed by atoms with Crippen molar-refractivity contribution in [2.75, 3.05) is 6.61 Å². The van der Waals surface area contributed by atoms with Crippen LogP contribution in [-0.4, -0.2) is 28.4 Å². The Morgan fingerprint density at radius 3 is 2.95 bits per heavy atom. The molecular formula is C14H15NO3S. The van der Waals surface area contributed by atoms with Gasteiger partial charge < -0.3 is 5.11 Å². The van der Waals surface area contributed by atoms with Gasteiger partial charge in [-0.05, 0) is 11.4 Å². The maximum Gasteiger partial charge on any atom is 0.232 e. The van der Waals surface area contributed by atoms with E-state index in [2.05, 4.69) is 11.8 Å². The summed E-state index contributed by atoms with van der Waals surface area (Å²) in [7, 11) is 0. The van der Waals surface area contributed by atoms with E-state index in [1.165, 1.54) is 16.2 Å². The molecule has 0 bridgehead atoms. The van der Waals surface area contributed by atoms with Gasteiger partial charge in [-0.25, -0.2) is 0 Å². The van der Waals surface area contributed by atoms with Gasteiger partial charge in [-0.15, -0.1) is 11.3 Å². The monoisotopic (exact) mass is 277 g/mol. The van der Waals surface area contributed by atoms with Crippen molar-refractivity contribution in [3.8, 4) is 11.8 Å². The lowest BCUT2D eigenvalue weighted by atomic mass is 10.1. The van der Waals surface area contributed by atoms with Crippen molar-refractivity contribution < 1.29 is 14.7 Å². The lowest BCUT2D eigenvalue weighted by molar-refractivity contribution is -0.139. The van der Waals surface area contributed by atoms with Crippen LogP contribution in [0.25, 0.3) is 0 Å². The highest BCUT2D eigenvalue weighted by molar-refractivity contribution is 7.10. The van der Waals surface area contributed by atoms with Gasteiger partial charge in [0, 0.05) is 29.2 Å². The van der Waals surface area contributed by atoms with E-state index in [-0.39, 0.29) is 24.3 Å². The zero-order chi connectivity index (χ0) is 13.8. The minimum absolute atomic E-state index is 0.0348. The fourth-order valence-corrected chi connectivity index (χ4v) is 2.76. The lowest BCUT2D eigenvalue weighted by Gasteiger charge is -2.13. The van der Waals surface area contributed by atoms with Crippen molar-refractivity contribution in [1.29, 1.82) is 0 Å². The molecule has 0 radical (unpaired) electrons. The summed E-state index contributed by atoms with van der Waals surface area (Å²) < 4.78 is 0. The molecule has 0 aliphatic carbocycles. The van der Waals surface area contributed by atoms with Crippen LogP contribution in [0.1, 0.15) is 30.2 Å². The summed E-state index contributed by atoms with van der Waals surface area (Å²) in [6.45, 7) is 2.12. The second kappa shape index (κ2) is 6.00. The Morgan fingerprint density at radius 1 is 1.53 bits per heavy atom. The average molecular weight is 277 g/mol. The van der Waals surface area contributed by atoms with E-state index in [4.69, 9.17) is 5.11 Å². The van der Waals surface area contributed by atoms with E-state index in [9.17, 15) is 9.59 Å². The van der Waals surface area contributed by atoms with Gasteiger partial charge in [-0.2, -0.15) is 0 Å². The smallest absolute Gasteiger partial charge is 0.232 e. The normalized spacial score (nSPS) is 18.6. The minimum atomic E-state index is -0.212. The first kappa shape index (κ1) is 13.8. The van der Waals surface area contributed by atoms with Crippen molar-refractivity contribution >= 4 is 23.2 Å². The molecule has 5 heteroatoms. The molecule has 1 aromatic rings. The zero-order valence-electron chi connectivity index (χ0n) is 10.7. The maximum absolute atomic E-state index is 11.9. The maximum atomic E-state index is 11.9. The second-order valence-electron chi connectivity index (χ2n) is 4.46. The number of imide groups is 1. The van der Waals surface area contributed by atoms with Crippen LogP contribution in [0.4, 0.5) is 0 Å². The van der Waals surface area contributed by atoms with Gasteiger partial charge in [0.2, 0.25) is 11.8 Å². The molecule has 0 spiro atoms. The molecule has 1 saturated heterocycles. The predicted octanol–water partition coefficient (Wildman–Crippen LogP) is 1.38. The van der Waals surface area contributed by atoms with Crippen LogP contribution in [0.2, 0.25) is 0 Å². The molecule has 1 aromatic heterocycles. The highest BCUT2D eigenvalue weighted by Gasteiger charge is 2.35. The number of likely N-dealkylation sites (tertiary alicyclic amines) is 1. The van der Waals surface area contributed by atoms with E-state index in [1.807, 2.05) is 11.4 Å². The average Bonchev–Trinajstić information content (AvgIpc) is 2.91. The highest BCUT2D eigenvalue weighted by Crippen LogP contribution is 2.24. The van der Waals surface area contributed by atoms with Crippen LogP contribution >= 0.6 is 11.3 Å². The Bertz CT molecular complexity index is 553. The predicted molar refractivity (Wildman–Crippen MR) is 72.2 cm³/mol. The number of carbonyl (C=O) groups is 2. The topological polar surface area (TPSA) is 57.6 Å². The molecule has 0 aromatic carbocycles. The molecule has 4 nitrogen and oxygen atoms in total. The first-order chi connectivity index (χ1) is 9.13. The Balaban J connectivity index is 2.12. The summed E-state index contributed by atoms with van der Waals surface area (Å²) in [6.07, 6.45) is 0.726. The first-order valence-corrected chi connectivity index (χ1v) is 7.01. The fourth-order valence-electron chi connectivity index (χ4n) is 1.95. The third-order valence-corrected chi connectivity index (χ3v) is 3.88. The molecule has 1 fully saturated rings. The number of aliphatic hydroxyl groups is 1. The number of rotatable bonds is 3. The Labute approximate surface area is 116 Å². The quantitative estimate of drug-likeness (QED) is 0.671. The van der Waals surface area contributed by atoms with Crippen molar-refractivity contribution in [3.63, 3.8) is 0 Å². The Kier molecular flexibility index (Phi) is 4.35. The molecular weight excluding hydrogens is 262 g/mol. The molecule has 2 rings (SSSR count). The molecule has 1 unspecified atom stereocenters. The van der Waals surface area contributed by atoms with E-state index < -0.39 is 0 Å². The SMILES string of the molecule is CC1CC(=O)N(Cc2sccc2C#CCCO)C1=O. The second-order valence-corrected chi connectivity index (χ2v) is 5.46. The first-order valence-electron chi connectivity index (χ1n) is 6.13. The van der Waals surface area contributed by atoms with Crippen LogP contribution in [0.5, 0.6) is 0 Å². The van der Waals surface area contributed by atoms with Crippen molar-refractivity contribution in [2.24, 2.45) is 5.92 Å². The minimum Gasteiger partial charge on any atom is -0.395 e. The van der Waals surface area contributed by atoms with Crippen LogP contribution in [0.15, 0.2) is 11.4 Å². The number of thiophene rings is 1. The summed E-state index contributed by atoms with van der Waals surface area (Å²) in [6, 6.07) is 1.87. The van der Waals surface area contributed by atoms with E-state index >= 15 is 0 Å². The number of hydrogen-bond donors (Lipinski definition) is 1. The van der Waals surface area contributed by atoms with Crippen molar-refractivity contribution in [3.05, 3.63) is 21.9 Å². The number of aliphatic hydroxyl groups excluding tert-OH is 1. The van der Waals surface area contributed by atoms with E-state index in [0.29, 0.717) is 19.4 Å². The Hall–Kier alpha value is -1.64. The van der Waals surface area contributed by atoms with Crippen LogP contribution in [0.3, 0.4) is 0 Å². The van der Waals surface area contributed by atoms with E-state index in [0.717, 1.165) is 10.4 Å². The van der Waals surface area contributed by atoms with Crippen LogP contribution in [-0.2, 0) is 16.1 Å². The summed E-state index contributed by atoms with van der Waals surface area (Å²) in [5, 5.41) is 10.6. The third-order valence-electron chi connectivity index (χ3n) is 2.98. The molecule has 2 heterocycles. The van der Waals surface area contributed by atoms with E-state index in [1.54, 1.807) is 6.92 Å². The number of hydrogen-bond acceptors (Lipinski definition) is 4. The van der Waals surface area contributed by atoms with Gasteiger partial charge in [0.05, 0.1) is 13.2 Å². The zero-order valence-corrected chi connectivity index (χ0v) is 11.5. The van der Waals surface area contributed by atoms with Gasteiger partial charge in [0.1, 0.15) is 0 Å². The molecule has 1 aliphatic heterocycles. The molecule has 1 aliphatic rings.